The largest absolute Gasteiger partial charge is 0.436 e. The number of rotatable bonds is 5. The lowest BCUT2D eigenvalue weighted by molar-refractivity contribution is 0.415. The molecule has 1 aromatic heterocycles. The van der Waals surface area contributed by atoms with Gasteiger partial charge < -0.3 is 10.1 Å². The van der Waals surface area contributed by atoms with Crippen molar-refractivity contribution in [3.05, 3.63) is 51.9 Å². The molecule has 1 fully saturated rings. The number of hydrogen-bond donors (Lipinski definition) is 1. The van der Waals surface area contributed by atoms with E-state index in [0.717, 1.165) is 10.0 Å². The number of nitrogens with one attached hydrogen (secondary N) is 1. The summed E-state index contributed by atoms with van der Waals surface area (Å²) in [6, 6.07) is 7.81. The molecule has 0 spiro atoms. The second kappa shape index (κ2) is 6.12. The van der Waals surface area contributed by atoms with Crippen LogP contribution >= 0.6 is 15.9 Å². The average Bonchev–Trinajstić information content (AvgIpc) is 3.27. The first kappa shape index (κ1) is 14.5. The summed E-state index contributed by atoms with van der Waals surface area (Å²) in [6.07, 6.45) is 3.93. The minimum absolute atomic E-state index is 0.0236. The van der Waals surface area contributed by atoms with Crippen molar-refractivity contribution in [2.75, 3.05) is 0 Å². The van der Waals surface area contributed by atoms with Crippen LogP contribution in [-0.4, -0.2) is 11.0 Å². The molecule has 3 rings (SSSR count). The van der Waals surface area contributed by atoms with Crippen molar-refractivity contribution < 1.29 is 9.13 Å². The average molecular weight is 351 g/mol. The molecule has 0 radical (unpaired) electrons. The maximum atomic E-state index is 14.4. The highest BCUT2D eigenvalue weighted by Crippen LogP contribution is 2.29. The number of ether oxygens (including phenoxy) is 1. The van der Waals surface area contributed by atoms with Crippen molar-refractivity contribution in [3.8, 4) is 11.6 Å². The molecule has 110 valence electrons. The zero-order valence-electron chi connectivity index (χ0n) is 11.7. The van der Waals surface area contributed by atoms with Crippen LogP contribution in [0.15, 0.2) is 34.9 Å². The maximum absolute atomic E-state index is 14.4. The Kier molecular flexibility index (Phi) is 4.22. The monoisotopic (exact) mass is 350 g/mol. The highest BCUT2D eigenvalue weighted by molar-refractivity contribution is 9.10. The number of aryl methyl sites for hydroxylation is 1. The first-order valence-electron chi connectivity index (χ1n) is 6.94. The van der Waals surface area contributed by atoms with Crippen molar-refractivity contribution in [2.24, 2.45) is 0 Å². The van der Waals surface area contributed by atoms with Gasteiger partial charge in [0.15, 0.2) is 5.82 Å². The predicted octanol–water partition coefficient (Wildman–Crippen LogP) is 4.34. The van der Waals surface area contributed by atoms with Gasteiger partial charge in [0.2, 0.25) is 0 Å². The molecule has 1 aliphatic carbocycles. The van der Waals surface area contributed by atoms with E-state index in [0.29, 0.717) is 23.9 Å². The van der Waals surface area contributed by atoms with E-state index in [1.165, 1.54) is 12.8 Å². The van der Waals surface area contributed by atoms with Crippen LogP contribution in [0.4, 0.5) is 4.39 Å². The third-order valence-corrected chi connectivity index (χ3v) is 3.93. The number of nitrogens with zero attached hydrogens (tertiary/aromatic N) is 1. The van der Waals surface area contributed by atoms with Crippen molar-refractivity contribution in [2.45, 2.75) is 32.4 Å². The van der Waals surface area contributed by atoms with Gasteiger partial charge in [0.1, 0.15) is 5.75 Å². The minimum atomic E-state index is -0.395. The Balaban J connectivity index is 1.79. The van der Waals surface area contributed by atoms with Gasteiger partial charge in [-0.15, -0.1) is 0 Å². The lowest BCUT2D eigenvalue weighted by Crippen LogP contribution is -2.16. The lowest BCUT2D eigenvalue weighted by Gasteiger charge is -2.11. The summed E-state index contributed by atoms with van der Waals surface area (Å²) in [5, 5.41) is 3.29. The van der Waals surface area contributed by atoms with E-state index in [2.05, 4.69) is 26.2 Å². The van der Waals surface area contributed by atoms with Crippen molar-refractivity contribution in [1.82, 2.24) is 10.3 Å². The topological polar surface area (TPSA) is 34.1 Å². The molecule has 0 saturated heterocycles. The molecule has 1 heterocycles. The van der Waals surface area contributed by atoms with Crippen molar-refractivity contribution >= 4 is 15.9 Å². The van der Waals surface area contributed by atoms with Gasteiger partial charge in [-0.05, 0) is 49.6 Å². The molecule has 0 atom stereocenters. The second-order valence-corrected chi connectivity index (χ2v) is 6.17. The molecule has 1 N–H and O–H groups in total. The van der Waals surface area contributed by atoms with Crippen LogP contribution in [0.1, 0.15) is 24.0 Å². The van der Waals surface area contributed by atoms with Crippen LogP contribution in [0, 0.1) is 12.7 Å². The van der Waals surface area contributed by atoms with E-state index in [-0.39, 0.29) is 5.88 Å². The van der Waals surface area contributed by atoms with E-state index >= 15 is 0 Å². The lowest BCUT2D eigenvalue weighted by atomic mass is 10.2. The van der Waals surface area contributed by atoms with E-state index in [9.17, 15) is 4.39 Å². The summed E-state index contributed by atoms with van der Waals surface area (Å²) in [4.78, 5) is 4.00. The first-order valence-corrected chi connectivity index (χ1v) is 7.73. The number of pyridine rings is 1. The van der Waals surface area contributed by atoms with Crippen LogP contribution in [-0.2, 0) is 6.54 Å². The maximum Gasteiger partial charge on any atom is 0.256 e. The molecule has 3 nitrogen and oxygen atoms in total. The molecule has 1 aromatic carbocycles. The van der Waals surface area contributed by atoms with Crippen LogP contribution < -0.4 is 10.1 Å². The van der Waals surface area contributed by atoms with Crippen LogP contribution in [0.2, 0.25) is 0 Å². The molecule has 0 aliphatic heterocycles. The molecule has 21 heavy (non-hydrogen) atoms. The van der Waals surface area contributed by atoms with Gasteiger partial charge >= 0.3 is 0 Å². The fourth-order valence-electron chi connectivity index (χ4n) is 2.04. The molecule has 1 aliphatic rings. The number of halogens is 2. The summed E-state index contributed by atoms with van der Waals surface area (Å²) in [7, 11) is 0. The molecular formula is C16H16BrFN2O. The second-order valence-electron chi connectivity index (χ2n) is 5.26. The third-order valence-electron chi connectivity index (χ3n) is 3.44. The van der Waals surface area contributed by atoms with Gasteiger partial charge in [-0.3, -0.25) is 0 Å². The third kappa shape index (κ3) is 3.60. The number of aromatic nitrogens is 1. The highest BCUT2D eigenvalue weighted by atomic mass is 79.9. The zero-order valence-corrected chi connectivity index (χ0v) is 13.3. The van der Waals surface area contributed by atoms with Crippen LogP contribution in [0.25, 0.3) is 0 Å². The molecule has 1 saturated carbocycles. The smallest absolute Gasteiger partial charge is 0.256 e. The Morgan fingerprint density at radius 2 is 2.19 bits per heavy atom. The molecular weight excluding hydrogens is 335 g/mol. The summed E-state index contributed by atoms with van der Waals surface area (Å²) >= 11 is 3.39. The molecule has 0 unspecified atom stereocenters. The summed E-state index contributed by atoms with van der Waals surface area (Å²) < 4.78 is 21.0. The van der Waals surface area contributed by atoms with Gasteiger partial charge in [-0.25, -0.2) is 9.37 Å². The highest BCUT2D eigenvalue weighted by Gasteiger charge is 2.21. The predicted molar refractivity (Wildman–Crippen MR) is 83.0 cm³/mol. The Hall–Kier alpha value is -1.46. The van der Waals surface area contributed by atoms with E-state index in [4.69, 9.17) is 4.74 Å². The van der Waals surface area contributed by atoms with Gasteiger partial charge in [0.05, 0.1) is 0 Å². The Labute approximate surface area is 131 Å². The van der Waals surface area contributed by atoms with Crippen molar-refractivity contribution in [3.63, 3.8) is 0 Å². The summed E-state index contributed by atoms with van der Waals surface area (Å²) in [5.41, 5.74) is 1.51. The number of benzene rings is 1. The fourth-order valence-corrected chi connectivity index (χ4v) is 2.52. The molecule has 0 bridgehead atoms. The molecule has 0 amide bonds. The van der Waals surface area contributed by atoms with E-state index in [1.54, 1.807) is 18.3 Å². The van der Waals surface area contributed by atoms with Gasteiger partial charge in [-0.1, -0.05) is 15.9 Å². The quantitative estimate of drug-likeness (QED) is 0.870. The van der Waals surface area contributed by atoms with Gasteiger partial charge in [0.25, 0.3) is 5.88 Å². The molecule has 5 heteroatoms. The Morgan fingerprint density at radius 1 is 1.38 bits per heavy atom. The van der Waals surface area contributed by atoms with E-state index in [1.807, 2.05) is 19.1 Å². The first-order chi connectivity index (χ1) is 10.1. The van der Waals surface area contributed by atoms with Gasteiger partial charge in [0, 0.05) is 28.8 Å². The minimum Gasteiger partial charge on any atom is -0.436 e. The Bertz CT molecular complexity index is 659. The van der Waals surface area contributed by atoms with Crippen LogP contribution in [0.3, 0.4) is 0 Å². The SMILES string of the molecule is Cc1cc(Br)ccc1Oc1nccc(CNC2CC2)c1F. The summed E-state index contributed by atoms with van der Waals surface area (Å²) in [6.45, 7) is 2.42. The number of hydrogen-bond acceptors (Lipinski definition) is 3. The summed E-state index contributed by atoms with van der Waals surface area (Å²) in [5.74, 6) is 0.236. The fraction of sp³-hybridized carbons (Fsp3) is 0.312. The zero-order chi connectivity index (χ0) is 14.8. The van der Waals surface area contributed by atoms with Crippen LogP contribution in [0.5, 0.6) is 11.6 Å². The standard InChI is InChI=1S/C16H16BrFN2O/c1-10-8-12(17)2-5-14(10)21-16-15(18)11(6-7-19-16)9-20-13-3-4-13/h2,5-8,13,20H,3-4,9H2,1H3. The Morgan fingerprint density at radius 3 is 2.90 bits per heavy atom. The van der Waals surface area contributed by atoms with E-state index < -0.39 is 5.82 Å². The molecule has 2 aromatic rings. The van der Waals surface area contributed by atoms with Gasteiger partial charge in [-0.2, -0.15) is 0 Å². The van der Waals surface area contributed by atoms with Crippen molar-refractivity contribution in [1.29, 1.82) is 0 Å². The normalized spacial score (nSPS) is 14.2.